The Morgan fingerprint density at radius 2 is 2.24 bits per heavy atom. The van der Waals surface area contributed by atoms with E-state index in [4.69, 9.17) is 4.74 Å². The summed E-state index contributed by atoms with van der Waals surface area (Å²) >= 11 is 0. The molecule has 0 spiro atoms. The Hall–Kier alpha value is -2.21. The number of aromatic amines is 1. The number of benzene rings is 1. The number of anilines is 1. The number of amides is 1. The van der Waals surface area contributed by atoms with E-state index in [0.717, 1.165) is 29.9 Å². The van der Waals surface area contributed by atoms with Gasteiger partial charge in [-0.1, -0.05) is 18.2 Å². The molecule has 6 heteroatoms. The first kappa shape index (κ1) is 13.8. The summed E-state index contributed by atoms with van der Waals surface area (Å²) in [6, 6.07) is 7.57. The first-order valence-electron chi connectivity index (χ1n) is 7.17. The summed E-state index contributed by atoms with van der Waals surface area (Å²) in [5.41, 5.74) is 1.67. The molecular weight excluding hydrogens is 268 g/mol. The van der Waals surface area contributed by atoms with Gasteiger partial charge < -0.3 is 10.1 Å². The normalized spacial score (nSPS) is 14.1. The van der Waals surface area contributed by atoms with Crippen LogP contribution in [0, 0.1) is 0 Å². The van der Waals surface area contributed by atoms with Crippen molar-refractivity contribution >= 4 is 11.6 Å². The average molecular weight is 286 g/mol. The maximum atomic E-state index is 12.2. The molecule has 2 N–H and O–H groups in total. The number of nitrogens with zero attached hydrogens (tertiary/aromatic N) is 2. The molecule has 1 fully saturated rings. The van der Waals surface area contributed by atoms with Crippen LogP contribution in [0.5, 0.6) is 0 Å². The molecule has 3 rings (SSSR count). The fourth-order valence-electron chi connectivity index (χ4n) is 2.07. The van der Waals surface area contributed by atoms with E-state index in [0.29, 0.717) is 19.1 Å². The van der Waals surface area contributed by atoms with Crippen molar-refractivity contribution < 1.29 is 9.53 Å². The Morgan fingerprint density at radius 3 is 3.00 bits per heavy atom. The summed E-state index contributed by atoms with van der Waals surface area (Å²) in [5, 5.41) is 9.67. The van der Waals surface area contributed by atoms with Gasteiger partial charge in [0.15, 0.2) is 0 Å². The predicted molar refractivity (Wildman–Crippen MR) is 78.1 cm³/mol. The van der Waals surface area contributed by atoms with E-state index in [1.54, 1.807) is 0 Å². The van der Waals surface area contributed by atoms with Gasteiger partial charge in [0.1, 0.15) is 5.82 Å². The number of hydrogen-bond acceptors (Lipinski definition) is 4. The van der Waals surface area contributed by atoms with Crippen LogP contribution in [0.3, 0.4) is 0 Å². The van der Waals surface area contributed by atoms with E-state index in [1.807, 2.05) is 31.2 Å². The number of carbonyl (C=O) groups is 1. The highest BCUT2D eigenvalue weighted by molar-refractivity contribution is 6.01. The molecule has 0 aliphatic heterocycles. The Bertz CT molecular complexity index is 634. The van der Waals surface area contributed by atoms with Crippen molar-refractivity contribution in [3.8, 4) is 0 Å². The Labute approximate surface area is 122 Å². The number of H-pyrrole nitrogens is 1. The molecule has 1 aromatic heterocycles. The maximum absolute atomic E-state index is 12.2. The van der Waals surface area contributed by atoms with Gasteiger partial charge in [0, 0.05) is 23.8 Å². The van der Waals surface area contributed by atoms with Crippen molar-refractivity contribution in [2.75, 3.05) is 11.9 Å². The third-order valence-corrected chi connectivity index (χ3v) is 3.40. The lowest BCUT2D eigenvalue weighted by atomic mass is 10.2. The minimum Gasteiger partial charge on any atom is -0.377 e. The fraction of sp³-hybridized carbons (Fsp3) is 0.400. The third-order valence-electron chi connectivity index (χ3n) is 3.40. The Morgan fingerprint density at radius 1 is 1.43 bits per heavy atom. The van der Waals surface area contributed by atoms with Gasteiger partial charge in [-0.15, -0.1) is 5.10 Å². The number of carbonyl (C=O) groups excluding carboxylic acids is 1. The van der Waals surface area contributed by atoms with Crippen molar-refractivity contribution in [1.82, 2.24) is 15.2 Å². The molecule has 0 unspecified atom stereocenters. The largest absolute Gasteiger partial charge is 0.377 e. The minimum atomic E-state index is -0.304. The van der Waals surface area contributed by atoms with Crippen LogP contribution in [0.1, 0.15) is 47.7 Å². The van der Waals surface area contributed by atoms with Crippen LogP contribution < -0.4 is 5.32 Å². The van der Waals surface area contributed by atoms with Crippen molar-refractivity contribution in [1.29, 1.82) is 0 Å². The Kier molecular flexibility index (Phi) is 3.96. The third kappa shape index (κ3) is 3.28. The number of rotatable bonds is 6. The van der Waals surface area contributed by atoms with E-state index in [9.17, 15) is 4.79 Å². The first-order chi connectivity index (χ1) is 10.3. The summed E-state index contributed by atoms with van der Waals surface area (Å²) in [4.78, 5) is 16.4. The van der Waals surface area contributed by atoms with E-state index < -0.39 is 0 Å². The van der Waals surface area contributed by atoms with E-state index in [2.05, 4.69) is 20.5 Å². The van der Waals surface area contributed by atoms with Gasteiger partial charge in [-0.05, 0) is 25.8 Å². The minimum absolute atomic E-state index is 0.183. The lowest BCUT2D eigenvalue weighted by molar-refractivity contribution is 0.101. The molecule has 0 saturated heterocycles. The first-order valence-corrected chi connectivity index (χ1v) is 7.17. The fourth-order valence-corrected chi connectivity index (χ4v) is 2.07. The molecule has 0 radical (unpaired) electrons. The number of para-hydroxylation sites is 1. The molecule has 0 bridgehead atoms. The molecule has 1 aliphatic rings. The smallest absolute Gasteiger partial charge is 0.295 e. The zero-order chi connectivity index (χ0) is 14.7. The molecule has 1 aliphatic carbocycles. The number of nitrogens with one attached hydrogen (secondary N) is 2. The van der Waals surface area contributed by atoms with Crippen LogP contribution in [0.4, 0.5) is 5.69 Å². The zero-order valence-corrected chi connectivity index (χ0v) is 11.9. The van der Waals surface area contributed by atoms with Gasteiger partial charge in [0.25, 0.3) is 5.91 Å². The van der Waals surface area contributed by atoms with E-state index >= 15 is 0 Å². The van der Waals surface area contributed by atoms with Crippen molar-refractivity contribution in [3.05, 3.63) is 41.5 Å². The molecule has 6 nitrogen and oxygen atoms in total. The topological polar surface area (TPSA) is 79.9 Å². The van der Waals surface area contributed by atoms with Gasteiger partial charge in [0.05, 0.1) is 6.61 Å². The van der Waals surface area contributed by atoms with Crippen molar-refractivity contribution in [2.24, 2.45) is 0 Å². The highest BCUT2D eigenvalue weighted by atomic mass is 16.5. The zero-order valence-electron chi connectivity index (χ0n) is 11.9. The quantitative estimate of drug-likeness (QED) is 0.855. The van der Waals surface area contributed by atoms with Gasteiger partial charge >= 0.3 is 0 Å². The van der Waals surface area contributed by atoms with Gasteiger partial charge in [-0.3, -0.25) is 9.89 Å². The monoisotopic (exact) mass is 286 g/mol. The molecular formula is C15H18N4O2. The maximum Gasteiger partial charge on any atom is 0.295 e. The molecule has 21 heavy (non-hydrogen) atoms. The summed E-state index contributed by atoms with van der Waals surface area (Å²) in [6.07, 6.45) is 2.24. The SMILES string of the molecule is CCOCc1ccccc1NC(=O)c1n[nH]c(C2CC2)n1. The van der Waals surface area contributed by atoms with Gasteiger partial charge in [-0.25, -0.2) is 4.98 Å². The molecule has 2 aromatic rings. The molecule has 1 saturated carbocycles. The summed E-state index contributed by atoms with van der Waals surface area (Å²) in [6.45, 7) is 3.04. The van der Waals surface area contributed by atoms with Gasteiger partial charge in [-0.2, -0.15) is 0 Å². The Balaban J connectivity index is 1.71. The highest BCUT2D eigenvalue weighted by Gasteiger charge is 2.28. The number of hydrogen-bond donors (Lipinski definition) is 2. The summed E-state index contributed by atoms with van der Waals surface area (Å²) in [7, 11) is 0. The van der Waals surface area contributed by atoms with E-state index in [1.165, 1.54) is 0 Å². The van der Waals surface area contributed by atoms with Crippen molar-refractivity contribution in [2.45, 2.75) is 32.3 Å². The summed E-state index contributed by atoms with van der Waals surface area (Å²) < 4.78 is 5.40. The van der Waals surface area contributed by atoms with Crippen LogP contribution >= 0.6 is 0 Å². The number of ether oxygens (including phenoxy) is 1. The lowest BCUT2D eigenvalue weighted by Crippen LogP contribution is -2.15. The number of aromatic nitrogens is 3. The summed E-state index contributed by atoms with van der Waals surface area (Å²) in [5.74, 6) is 1.14. The molecule has 0 atom stereocenters. The van der Waals surface area contributed by atoms with Gasteiger partial charge in [0.2, 0.25) is 5.82 Å². The lowest BCUT2D eigenvalue weighted by Gasteiger charge is -2.09. The second-order valence-corrected chi connectivity index (χ2v) is 5.07. The molecule has 1 amide bonds. The predicted octanol–water partition coefficient (Wildman–Crippen LogP) is 2.47. The van der Waals surface area contributed by atoms with Crippen LogP contribution in [0.25, 0.3) is 0 Å². The van der Waals surface area contributed by atoms with Crippen LogP contribution in [0.2, 0.25) is 0 Å². The van der Waals surface area contributed by atoms with Crippen molar-refractivity contribution in [3.63, 3.8) is 0 Å². The molecule has 1 aromatic carbocycles. The van der Waals surface area contributed by atoms with Crippen LogP contribution in [-0.4, -0.2) is 27.7 Å². The second kappa shape index (κ2) is 6.05. The second-order valence-electron chi connectivity index (χ2n) is 5.07. The standard InChI is InChI=1S/C15H18N4O2/c1-2-21-9-11-5-3-4-6-12(11)16-15(20)14-17-13(18-19-14)10-7-8-10/h3-6,10H,2,7-9H2,1H3,(H,16,20)(H,17,18,19). The average Bonchev–Trinajstić information content (AvgIpc) is 3.23. The van der Waals surface area contributed by atoms with Crippen LogP contribution in [0.15, 0.2) is 24.3 Å². The molecule has 110 valence electrons. The van der Waals surface area contributed by atoms with E-state index in [-0.39, 0.29) is 11.7 Å². The molecule has 1 heterocycles. The van der Waals surface area contributed by atoms with Crippen LogP contribution in [-0.2, 0) is 11.3 Å². The highest BCUT2D eigenvalue weighted by Crippen LogP contribution is 2.37.